The molecular formula is C19H23NO2. The number of nitrogens with zero attached hydrogens (tertiary/aromatic N) is 1. The highest BCUT2D eigenvalue weighted by Crippen LogP contribution is 2.17. The Labute approximate surface area is 132 Å². The molecule has 0 radical (unpaired) electrons. The molecule has 0 aliphatic carbocycles. The van der Waals surface area contributed by atoms with Gasteiger partial charge in [0.15, 0.2) is 6.29 Å². The summed E-state index contributed by atoms with van der Waals surface area (Å²) in [6, 6.07) is 12.0. The standard InChI is InChI=1S/C19H23NO2/c1-3-4-10-19-18(12-21)17(11-15(2)20-19)14-22-13-16-8-6-5-7-9-16/h5-9,11-12H,3-4,10,13-14H2,1-2H3. The van der Waals surface area contributed by atoms with E-state index in [-0.39, 0.29) is 0 Å². The highest BCUT2D eigenvalue weighted by molar-refractivity contribution is 5.79. The van der Waals surface area contributed by atoms with Gasteiger partial charge >= 0.3 is 0 Å². The lowest BCUT2D eigenvalue weighted by Crippen LogP contribution is -2.06. The van der Waals surface area contributed by atoms with Crippen LogP contribution in [-0.2, 0) is 24.4 Å². The smallest absolute Gasteiger partial charge is 0.152 e. The molecule has 0 spiro atoms. The molecule has 0 unspecified atom stereocenters. The third-order valence-electron chi connectivity index (χ3n) is 3.61. The zero-order chi connectivity index (χ0) is 15.8. The van der Waals surface area contributed by atoms with Crippen LogP contribution in [-0.4, -0.2) is 11.3 Å². The maximum absolute atomic E-state index is 11.5. The number of hydrogen-bond donors (Lipinski definition) is 0. The lowest BCUT2D eigenvalue weighted by Gasteiger charge is -2.12. The van der Waals surface area contributed by atoms with Crippen molar-refractivity contribution in [3.8, 4) is 0 Å². The van der Waals surface area contributed by atoms with Gasteiger partial charge in [-0.15, -0.1) is 0 Å². The Morgan fingerprint density at radius 1 is 1.18 bits per heavy atom. The molecule has 2 aromatic rings. The number of hydrogen-bond acceptors (Lipinski definition) is 3. The van der Waals surface area contributed by atoms with Crippen molar-refractivity contribution in [1.29, 1.82) is 0 Å². The first-order valence-electron chi connectivity index (χ1n) is 7.80. The van der Waals surface area contributed by atoms with E-state index in [4.69, 9.17) is 4.74 Å². The zero-order valence-electron chi connectivity index (χ0n) is 13.3. The predicted molar refractivity (Wildman–Crippen MR) is 87.9 cm³/mol. The van der Waals surface area contributed by atoms with E-state index in [1.165, 1.54) is 0 Å². The van der Waals surface area contributed by atoms with E-state index >= 15 is 0 Å². The predicted octanol–water partition coefficient (Wildman–Crippen LogP) is 4.26. The molecule has 3 heteroatoms. The van der Waals surface area contributed by atoms with Crippen molar-refractivity contribution in [2.75, 3.05) is 0 Å². The molecule has 0 aliphatic heterocycles. The van der Waals surface area contributed by atoms with Crippen LogP contribution in [0.1, 0.15) is 52.6 Å². The Morgan fingerprint density at radius 3 is 2.64 bits per heavy atom. The molecule has 0 amide bonds. The van der Waals surface area contributed by atoms with Crippen molar-refractivity contribution < 1.29 is 9.53 Å². The van der Waals surface area contributed by atoms with E-state index in [1.807, 2.05) is 43.3 Å². The Kier molecular flexibility index (Phi) is 6.28. The van der Waals surface area contributed by atoms with E-state index in [0.717, 1.165) is 48.1 Å². The fourth-order valence-corrected chi connectivity index (χ4v) is 2.47. The van der Waals surface area contributed by atoms with Crippen LogP contribution in [0.25, 0.3) is 0 Å². The summed E-state index contributed by atoms with van der Waals surface area (Å²) in [6.07, 6.45) is 3.89. The van der Waals surface area contributed by atoms with E-state index in [2.05, 4.69) is 11.9 Å². The number of carbonyl (C=O) groups is 1. The number of ether oxygens (including phenoxy) is 1. The van der Waals surface area contributed by atoms with Gasteiger partial charge in [0, 0.05) is 11.3 Å². The van der Waals surface area contributed by atoms with Gasteiger partial charge in [-0.1, -0.05) is 43.7 Å². The molecule has 0 fully saturated rings. The summed E-state index contributed by atoms with van der Waals surface area (Å²) in [4.78, 5) is 16.0. The van der Waals surface area contributed by atoms with Crippen LogP contribution in [0.15, 0.2) is 36.4 Å². The second-order valence-electron chi connectivity index (χ2n) is 5.48. The van der Waals surface area contributed by atoms with Gasteiger partial charge in [0.25, 0.3) is 0 Å². The molecular weight excluding hydrogens is 274 g/mol. The van der Waals surface area contributed by atoms with Crippen molar-refractivity contribution in [2.24, 2.45) is 0 Å². The second-order valence-corrected chi connectivity index (χ2v) is 5.48. The summed E-state index contributed by atoms with van der Waals surface area (Å²) in [5.74, 6) is 0. The van der Waals surface area contributed by atoms with Gasteiger partial charge in [0.2, 0.25) is 0 Å². The molecule has 22 heavy (non-hydrogen) atoms. The quantitative estimate of drug-likeness (QED) is 0.683. The maximum Gasteiger partial charge on any atom is 0.152 e. The number of unbranched alkanes of at least 4 members (excludes halogenated alkanes) is 1. The van der Waals surface area contributed by atoms with Crippen molar-refractivity contribution in [1.82, 2.24) is 4.98 Å². The highest BCUT2D eigenvalue weighted by atomic mass is 16.5. The molecule has 0 atom stereocenters. The van der Waals surface area contributed by atoms with Crippen LogP contribution in [0.5, 0.6) is 0 Å². The molecule has 2 rings (SSSR count). The first kappa shape index (κ1) is 16.4. The fourth-order valence-electron chi connectivity index (χ4n) is 2.47. The molecule has 116 valence electrons. The second kappa shape index (κ2) is 8.44. The van der Waals surface area contributed by atoms with Crippen LogP contribution in [0.2, 0.25) is 0 Å². The summed E-state index contributed by atoms with van der Waals surface area (Å²) >= 11 is 0. The minimum Gasteiger partial charge on any atom is -0.372 e. The lowest BCUT2D eigenvalue weighted by atomic mass is 10.0. The summed E-state index contributed by atoms with van der Waals surface area (Å²) in [6.45, 7) is 5.08. The number of benzene rings is 1. The van der Waals surface area contributed by atoms with Crippen LogP contribution >= 0.6 is 0 Å². The average Bonchev–Trinajstić information content (AvgIpc) is 2.53. The van der Waals surface area contributed by atoms with Gasteiger partial charge in [-0.05, 0) is 37.0 Å². The molecule has 1 aromatic heterocycles. The number of pyridine rings is 1. The molecule has 0 saturated heterocycles. The topological polar surface area (TPSA) is 39.2 Å². The minimum absolute atomic E-state index is 0.436. The van der Waals surface area contributed by atoms with Gasteiger partial charge in [-0.2, -0.15) is 0 Å². The number of carbonyl (C=O) groups excluding carboxylic acids is 1. The van der Waals surface area contributed by atoms with Gasteiger partial charge in [-0.25, -0.2) is 0 Å². The Balaban J connectivity index is 2.08. The monoisotopic (exact) mass is 297 g/mol. The van der Waals surface area contributed by atoms with E-state index in [9.17, 15) is 4.79 Å². The van der Waals surface area contributed by atoms with Crippen molar-refractivity contribution in [3.63, 3.8) is 0 Å². The summed E-state index contributed by atoms with van der Waals surface area (Å²) < 4.78 is 5.78. The Morgan fingerprint density at radius 2 is 1.95 bits per heavy atom. The van der Waals surface area contributed by atoms with Gasteiger partial charge in [0.05, 0.1) is 18.9 Å². The molecule has 0 saturated carbocycles. The average molecular weight is 297 g/mol. The van der Waals surface area contributed by atoms with E-state index in [0.29, 0.717) is 18.8 Å². The molecule has 1 aromatic carbocycles. The lowest BCUT2D eigenvalue weighted by molar-refractivity contribution is 0.103. The Bertz CT molecular complexity index is 608. The van der Waals surface area contributed by atoms with Crippen molar-refractivity contribution in [2.45, 2.75) is 46.3 Å². The Hall–Kier alpha value is -2.00. The number of rotatable bonds is 8. The zero-order valence-corrected chi connectivity index (χ0v) is 13.3. The van der Waals surface area contributed by atoms with E-state index in [1.54, 1.807) is 0 Å². The maximum atomic E-state index is 11.5. The molecule has 1 heterocycles. The summed E-state index contributed by atoms with van der Waals surface area (Å²) in [7, 11) is 0. The number of aromatic nitrogens is 1. The van der Waals surface area contributed by atoms with Crippen LogP contribution in [0, 0.1) is 6.92 Å². The van der Waals surface area contributed by atoms with Crippen LogP contribution in [0.3, 0.4) is 0 Å². The largest absolute Gasteiger partial charge is 0.372 e. The third-order valence-corrected chi connectivity index (χ3v) is 3.61. The minimum atomic E-state index is 0.436. The van der Waals surface area contributed by atoms with E-state index < -0.39 is 0 Å². The fraction of sp³-hybridized carbons (Fsp3) is 0.368. The first-order valence-corrected chi connectivity index (χ1v) is 7.80. The highest BCUT2D eigenvalue weighted by Gasteiger charge is 2.11. The van der Waals surface area contributed by atoms with Gasteiger partial charge in [-0.3, -0.25) is 9.78 Å². The number of aldehydes is 1. The molecule has 0 aliphatic rings. The normalized spacial score (nSPS) is 10.6. The third kappa shape index (κ3) is 4.50. The molecule has 0 N–H and O–H groups in total. The first-order chi connectivity index (χ1) is 10.7. The van der Waals surface area contributed by atoms with Crippen molar-refractivity contribution >= 4 is 6.29 Å². The van der Waals surface area contributed by atoms with Crippen LogP contribution in [0.4, 0.5) is 0 Å². The number of aryl methyl sites for hydroxylation is 2. The molecule has 3 nitrogen and oxygen atoms in total. The van der Waals surface area contributed by atoms with Gasteiger partial charge < -0.3 is 4.74 Å². The summed E-state index contributed by atoms with van der Waals surface area (Å²) in [5.41, 5.74) is 4.61. The SMILES string of the molecule is CCCCc1nc(C)cc(COCc2ccccc2)c1C=O. The molecule has 0 bridgehead atoms. The van der Waals surface area contributed by atoms with Crippen molar-refractivity contribution in [3.05, 3.63) is 64.5 Å². The van der Waals surface area contributed by atoms with Gasteiger partial charge in [0.1, 0.15) is 0 Å². The van der Waals surface area contributed by atoms with Crippen LogP contribution < -0.4 is 0 Å². The summed E-state index contributed by atoms with van der Waals surface area (Å²) in [5, 5.41) is 0.